The average Bonchev–Trinajstić information content (AvgIpc) is 3.01. The Balaban J connectivity index is 1.80. The molecule has 1 aromatic carbocycles. The lowest BCUT2D eigenvalue weighted by atomic mass is 10.1. The van der Waals surface area contributed by atoms with Crippen molar-refractivity contribution in [2.75, 3.05) is 18.2 Å². The second kappa shape index (κ2) is 5.53. The molecule has 0 unspecified atom stereocenters. The van der Waals surface area contributed by atoms with Crippen LogP contribution in [0.25, 0.3) is 10.9 Å². The molecule has 1 aliphatic rings. The van der Waals surface area contributed by atoms with Crippen LogP contribution in [0.15, 0.2) is 29.6 Å². The molecule has 3 heterocycles. The highest BCUT2D eigenvalue weighted by Crippen LogP contribution is 2.27. The number of fused-ring (bicyclic) bond motifs is 2. The highest BCUT2D eigenvalue weighted by atomic mass is 32.2. The van der Waals surface area contributed by atoms with Gasteiger partial charge in [0, 0.05) is 29.3 Å². The minimum atomic E-state index is -3.49. The van der Waals surface area contributed by atoms with Gasteiger partial charge in [0.05, 0.1) is 30.6 Å². The maximum absolute atomic E-state index is 11.9. The van der Waals surface area contributed by atoms with Gasteiger partial charge in [-0.1, -0.05) is 0 Å². The summed E-state index contributed by atoms with van der Waals surface area (Å²) in [4.78, 5) is 8.40. The Labute approximate surface area is 138 Å². The van der Waals surface area contributed by atoms with E-state index in [2.05, 4.69) is 25.5 Å². The van der Waals surface area contributed by atoms with Gasteiger partial charge in [-0.15, -0.1) is 0 Å². The molecule has 2 aromatic heterocycles. The topological polar surface area (TPSA) is 110 Å². The highest BCUT2D eigenvalue weighted by molar-refractivity contribution is 7.90. The molecular formula is C15H15N5O3S. The number of aromatic amines is 1. The van der Waals surface area contributed by atoms with Gasteiger partial charge in [-0.25, -0.2) is 18.4 Å². The fourth-order valence-electron chi connectivity index (χ4n) is 2.64. The predicted octanol–water partition coefficient (Wildman–Crippen LogP) is 1.57. The molecule has 9 heteroatoms. The van der Waals surface area contributed by atoms with Gasteiger partial charge in [-0.05, 0) is 18.2 Å². The third kappa shape index (κ3) is 2.72. The van der Waals surface area contributed by atoms with Crippen molar-refractivity contribution in [3.8, 4) is 0 Å². The number of H-pyrrole nitrogens is 1. The van der Waals surface area contributed by atoms with Gasteiger partial charge in [0.2, 0.25) is 15.0 Å². The summed E-state index contributed by atoms with van der Waals surface area (Å²) in [6, 6.07) is 5.68. The first-order valence-corrected chi connectivity index (χ1v) is 9.27. The fourth-order valence-corrected chi connectivity index (χ4v) is 3.17. The second-order valence-electron chi connectivity index (χ2n) is 5.65. The van der Waals surface area contributed by atoms with E-state index < -0.39 is 9.84 Å². The van der Waals surface area contributed by atoms with Crippen molar-refractivity contribution < 1.29 is 13.2 Å². The lowest BCUT2D eigenvalue weighted by Crippen LogP contribution is -2.18. The lowest BCUT2D eigenvalue weighted by Gasteiger charge is -2.20. The molecule has 0 atom stereocenters. The van der Waals surface area contributed by atoms with E-state index in [1.54, 1.807) is 6.20 Å². The fraction of sp³-hybridized carbons (Fsp3) is 0.267. The zero-order chi connectivity index (χ0) is 16.7. The molecule has 2 N–H and O–H groups in total. The van der Waals surface area contributed by atoms with Crippen molar-refractivity contribution in [3.63, 3.8) is 0 Å². The number of hydrogen-bond acceptors (Lipinski definition) is 7. The van der Waals surface area contributed by atoms with Crippen molar-refractivity contribution in [3.05, 3.63) is 35.7 Å². The molecule has 0 fully saturated rings. The van der Waals surface area contributed by atoms with Crippen molar-refractivity contribution >= 4 is 32.2 Å². The van der Waals surface area contributed by atoms with Gasteiger partial charge >= 0.3 is 0 Å². The predicted molar refractivity (Wildman–Crippen MR) is 87.9 cm³/mol. The van der Waals surface area contributed by atoms with E-state index in [4.69, 9.17) is 4.74 Å². The number of hydrogen-bond donors (Lipinski definition) is 2. The second-order valence-corrected chi connectivity index (χ2v) is 7.56. The van der Waals surface area contributed by atoms with E-state index >= 15 is 0 Å². The van der Waals surface area contributed by atoms with E-state index in [0.717, 1.165) is 28.4 Å². The number of rotatable bonds is 3. The van der Waals surface area contributed by atoms with Crippen molar-refractivity contribution in [2.24, 2.45) is 0 Å². The largest absolute Gasteiger partial charge is 0.376 e. The van der Waals surface area contributed by atoms with E-state index in [0.29, 0.717) is 31.1 Å². The molecule has 0 bridgehead atoms. The Morgan fingerprint density at radius 1 is 1.29 bits per heavy atom. The van der Waals surface area contributed by atoms with Gasteiger partial charge < -0.3 is 10.1 Å². The molecule has 0 saturated carbocycles. The quantitative estimate of drug-likeness (QED) is 0.693. The molecule has 0 spiro atoms. The smallest absolute Gasteiger partial charge is 0.249 e. The molecule has 0 amide bonds. The van der Waals surface area contributed by atoms with Crippen LogP contribution in [0.4, 0.5) is 11.5 Å². The first kappa shape index (κ1) is 15.0. The number of nitrogens with one attached hydrogen (secondary N) is 2. The summed E-state index contributed by atoms with van der Waals surface area (Å²) in [5, 5.41) is 10.8. The van der Waals surface area contributed by atoms with Crippen LogP contribution in [0.5, 0.6) is 0 Å². The third-order valence-electron chi connectivity index (χ3n) is 3.84. The van der Waals surface area contributed by atoms with E-state index in [1.165, 1.54) is 0 Å². The van der Waals surface area contributed by atoms with Crippen LogP contribution in [0.1, 0.15) is 11.3 Å². The summed E-state index contributed by atoms with van der Waals surface area (Å²) >= 11 is 0. The summed E-state index contributed by atoms with van der Waals surface area (Å²) in [5.74, 6) is 0.461. The Morgan fingerprint density at radius 3 is 3.00 bits per heavy atom. The number of anilines is 2. The summed E-state index contributed by atoms with van der Waals surface area (Å²) < 4.78 is 29.2. The first-order chi connectivity index (χ1) is 11.5. The van der Waals surface area contributed by atoms with E-state index in [9.17, 15) is 8.42 Å². The summed E-state index contributed by atoms with van der Waals surface area (Å²) in [6.45, 7) is 0.878. The molecular weight excluding hydrogens is 330 g/mol. The van der Waals surface area contributed by atoms with Gasteiger partial charge in [0.1, 0.15) is 5.82 Å². The Morgan fingerprint density at radius 2 is 2.17 bits per heavy atom. The van der Waals surface area contributed by atoms with Crippen LogP contribution in [0.3, 0.4) is 0 Å². The van der Waals surface area contributed by atoms with Gasteiger partial charge in [0.25, 0.3) is 0 Å². The normalized spacial score (nSPS) is 14.5. The van der Waals surface area contributed by atoms with Gasteiger partial charge in [0.15, 0.2) is 0 Å². The van der Waals surface area contributed by atoms with Gasteiger partial charge in [-0.3, -0.25) is 5.10 Å². The van der Waals surface area contributed by atoms with Crippen LogP contribution < -0.4 is 5.32 Å². The average molecular weight is 345 g/mol. The minimum absolute atomic E-state index is 0.171. The molecule has 24 heavy (non-hydrogen) atoms. The van der Waals surface area contributed by atoms with E-state index in [1.807, 2.05) is 18.2 Å². The van der Waals surface area contributed by atoms with Crippen molar-refractivity contribution in [2.45, 2.75) is 18.2 Å². The van der Waals surface area contributed by atoms with Crippen molar-refractivity contribution in [1.82, 2.24) is 20.2 Å². The number of nitrogens with zero attached hydrogens (tertiary/aromatic N) is 3. The molecule has 3 aromatic rings. The zero-order valence-corrected chi connectivity index (χ0v) is 13.7. The van der Waals surface area contributed by atoms with Crippen LogP contribution in [0, 0.1) is 0 Å². The molecule has 124 valence electrons. The molecule has 0 aliphatic carbocycles. The molecule has 8 nitrogen and oxygen atoms in total. The Kier molecular flexibility index (Phi) is 3.47. The van der Waals surface area contributed by atoms with E-state index in [-0.39, 0.29) is 5.16 Å². The maximum atomic E-state index is 11.9. The lowest BCUT2D eigenvalue weighted by molar-refractivity contribution is 0.109. The zero-order valence-electron chi connectivity index (χ0n) is 12.9. The van der Waals surface area contributed by atoms with Crippen LogP contribution in [-0.2, 0) is 27.6 Å². The monoisotopic (exact) mass is 345 g/mol. The van der Waals surface area contributed by atoms with Crippen LogP contribution in [0.2, 0.25) is 0 Å². The Hall–Kier alpha value is -2.52. The SMILES string of the molecule is CS(=O)(=O)c1nc2c(c(Nc3ccc4[nH]ncc4c3)n1)COCC2. The summed E-state index contributed by atoms with van der Waals surface area (Å²) in [7, 11) is -3.49. The number of ether oxygens (including phenoxy) is 1. The highest BCUT2D eigenvalue weighted by Gasteiger charge is 2.22. The number of sulfone groups is 1. The summed E-state index contributed by atoms with van der Waals surface area (Å²) in [5.41, 5.74) is 3.21. The van der Waals surface area contributed by atoms with Crippen LogP contribution >= 0.6 is 0 Å². The molecule has 1 aliphatic heterocycles. The number of aromatic nitrogens is 4. The van der Waals surface area contributed by atoms with Gasteiger partial charge in [-0.2, -0.15) is 5.10 Å². The van der Waals surface area contributed by atoms with Crippen molar-refractivity contribution in [1.29, 1.82) is 0 Å². The maximum Gasteiger partial charge on any atom is 0.249 e. The molecule has 0 saturated heterocycles. The van der Waals surface area contributed by atoms with Crippen LogP contribution in [-0.4, -0.2) is 41.4 Å². The molecule has 0 radical (unpaired) electrons. The third-order valence-corrected chi connectivity index (χ3v) is 4.68. The minimum Gasteiger partial charge on any atom is -0.376 e. The Bertz CT molecular complexity index is 1030. The standard InChI is InChI=1S/C15H15N5O3S/c1-24(21,22)15-18-13-4-5-23-8-11(13)14(19-15)17-10-2-3-12-9(6-10)7-16-20-12/h2-3,6-7H,4-5,8H2,1H3,(H,16,20)(H,17,18,19). The number of benzene rings is 1. The first-order valence-electron chi connectivity index (χ1n) is 7.38. The summed E-state index contributed by atoms with van der Waals surface area (Å²) in [6.07, 6.45) is 3.40. The molecule has 4 rings (SSSR count).